The van der Waals surface area contributed by atoms with Crippen LogP contribution in [0.2, 0.25) is 0 Å². The molecule has 0 atom stereocenters. The van der Waals surface area contributed by atoms with Gasteiger partial charge >= 0.3 is 0 Å². The van der Waals surface area contributed by atoms with Gasteiger partial charge < -0.3 is 19.4 Å². The van der Waals surface area contributed by atoms with E-state index in [9.17, 15) is 4.79 Å². The number of hydrogen-bond acceptors (Lipinski definition) is 6. The molecule has 7 nitrogen and oxygen atoms in total. The summed E-state index contributed by atoms with van der Waals surface area (Å²) in [6.07, 6.45) is 6.95. The van der Waals surface area contributed by atoms with E-state index in [0.717, 1.165) is 18.7 Å². The molecule has 7 heteroatoms. The van der Waals surface area contributed by atoms with Crippen LogP contribution in [0, 0.1) is 0 Å². The normalized spacial score (nSPS) is 14.8. The number of carbonyl (C=O) groups excluding carboxylic acids is 1. The number of fused-ring (bicyclic) bond motifs is 2. The molecule has 2 aromatic rings. The molecule has 0 aromatic carbocycles. The minimum absolute atomic E-state index is 0.0576. The van der Waals surface area contributed by atoms with Crippen LogP contribution in [-0.2, 0) is 11.4 Å². The van der Waals surface area contributed by atoms with Gasteiger partial charge in [0.15, 0.2) is 5.78 Å². The van der Waals surface area contributed by atoms with Crippen molar-refractivity contribution < 1.29 is 14.7 Å². The van der Waals surface area contributed by atoms with Crippen molar-refractivity contribution in [3.05, 3.63) is 53.1 Å². The molecule has 0 saturated carbocycles. The van der Waals surface area contributed by atoms with Gasteiger partial charge in [-0.1, -0.05) is 5.16 Å². The van der Waals surface area contributed by atoms with Gasteiger partial charge in [-0.2, -0.15) is 0 Å². The highest BCUT2D eigenvalue weighted by molar-refractivity contribution is 6.29. The van der Waals surface area contributed by atoms with Gasteiger partial charge in [0.25, 0.3) is 0 Å². The number of carbonyl (C=O) groups is 1. The fraction of sp³-hybridized carbons (Fsp3) is 0.353. The summed E-state index contributed by atoms with van der Waals surface area (Å²) < 4.78 is 1.99. The number of likely N-dealkylation sites (N-methyl/N-ethyl adjacent to an activating group) is 1. The molecule has 0 aliphatic heterocycles. The smallest absolute Gasteiger partial charge is 0.197 e. The van der Waals surface area contributed by atoms with Crippen LogP contribution in [0.3, 0.4) is 0 Å². The minimum Gasteiger partial charge on any atom is -0.393 e. The first kappa shape index (κ1) is 16.4. The van der Waals surface area contributed by atoms with Crippen LogP contribution in [-0.4, -0.2) is 64.9 Å². The first-order chi connectivity index (χ1) is 11.6. The molecule has 0 bridgehead atoms. The Labute approximate surface area is 140 Å². The molecule has 2 aromatic heterocycles. The van der Waals surface area contributed by atoms with E-state index in [1.54, 1.807) is 18.5 Å². The molecule has 0 saturated heterocycles. The lowest BCUT2D eigenvalue weighted by atomic mass is 9.87. The van der Waals surface area contributed by atoms with Gasteiger partial charge in [-0.05, 0) is 20.2 Å². The number of aliphatic hydroxyl groups is 1. The summed E-state index contributed by atoms with van der Waals surface area (Å²) in [6.45, 7) is 1.63. The Balaban J connectivity index is 2.03. The number of hydrogen-bond donors (Lipinski definition) is 1. The molecule has 24 heavy (non-hydrogen) atoms. The van der Waals surface area contributed by atoms with E-state index < -0.39 is 0 Å². The maximum absolute atomic E-state index is 12.7. The van der Waals surface area contributed by atoms with Crippen molar-refractivity contribution >= 4 is 11.5 Å². The van der Waals surface area contributed by atoms with E-state index in [4.69, 9.17) is 9.94 Å². The zero-order valence-electron chi connectivity index (χ0n) is 13.8. The number of oxime groups is 1. The van der Waals surface area contributed by atoms with Gasteiger partial charge in [-0.15, -0.1) is 0 Å². The van der Waals surface area contributed by atoms with E-state index in [1.807, 2.05) is 31.1 Å². The SMILES string of the molecule is CN(C)CCn1cc2c(c1)/C(=N\OCCO)c1ccncc1C2=O. The third-order valence-corrected chi connectivity index (χ3v) is 3.84. The van der Waals surface area contributed by atoms with Crippen molar-refractivity contribution in [2.75, 3.05) is 33.9 Å². The fourth-order valence-corrected chi connectivity index (χ4v) is 2.64. The summed E-state index contributed by atoms with van der Waals surface area (Å²) in [5, 5.41) is 13.0. The van der Waals surface area contributed by atoms with Gasteiger partial charge in [0.1, 0.15) is 12.3 Å². The number of pyridine rings is 1. The molecule has 1 aliphatic rings. The van der Waals surface area contributed by atoms with Gasteiger partial charge in [0, 0.05) is 54.6 Å². The quantitative estimate of drug-likeness (QED) is 0.533. The minimum atomic E-state index is -0.115. The molecular formula is C17H20N4O3. The average molecular weight is 328 g/mol. The maximum atomic E-state index is 12.7. The topological polar surface area (TPSA) is 80.0 Å². The van der Waals surface area contributed by atoms with E-state index in [2.05, 4.69) is 15.0 Å². The Morgan fingerprint density at radius 3 is 2.79 bits per heavy atom. The number of rotatable bonds is 6. The van der Waals surface area contributed by atoms with Crippen LogP contribution in [0.4, 0.5) is 0 Å². The van der Waals surface area contributed by atoms with E-state index in [0.29, 0.717) is 22.4 Å². The van der Waals surface area contributed by atoms with Crippen LogP contribution in [0.1, 0.15) is 27.0 Å². The number of aliphatic hydroxyl groups excluding tert-OH is 1. The molecule has 126 valence electrons. The highest BCUT2D eigenvalue weighted by atomic mass is 16.6. The van der Waals surface area contributed by atoms with Gasteiger partial charge in [0.2, 0.25) is 0 Å². The summed E-state index contributed by atoms with van der Waals surface area (Å²) in [5.74, 6) is -0.0576. The number of nitrogens with zero attached hydrogens (tertiary/aromatic N) is 4. The van der Waals surface area contributed by atoms with Crippen molar-refractivity contribution in [1.82, 2.24) is 14.5 Å². The third kappa shape index (κ3) is 3.08. The molecule has 1 N–H and O–H groups in total. The van der Waals surface area contributed by atoms with Crippen LogP contribution in [0.25, 0.3) is 0 Å². The first-order valence-electron chi connectivity index (χ1n) is 7.76. The largest absolute Gasteiger partial charge is 0.393 e. The first-order valence-corrected chi connectivity index (χ1v) is 7.76. The summed E-state index contributed by atoms with van der Waals surface area (Å²) >= 11 is 0. The Morgan fingerprint density at radius 1 is 1.25 bits per heavy atom. The summed E-state index contributed by atoms with van der Waals surface area (Å²) in [5.41, 5.74) is 3.16. The second-order valence-corrected chi connectivity index (χ2v) is 5.87. The van der Waals surface area contributed by atoms with Crippen molar-refractivity contribution in [3.63, 3.8) is 0 Å². The number of ketones is 1. The second kappa shape index (κ2) is 6.94. The van der Waals surface area contributed by atoms with Crippen molar-refractivity contribution in [3.8, 4) is 0 Å². The van der Waals surface area contributed by atoms with E-state index in [-0.39, 0.29) is 19.0 Å². The van der Waals surface area contributed by atoms with Crippen LogP contribution >= 0.6 is 0 Å². The standard InChI is InChI=1S/C17H20N4O3/c1-20(2)5-6-21-10-14-15(11-21)17(23)13-9-18-4-3-12(13)16(14)19-24-8-7-22/h3-4,9-11,22H,5-8H2,1-2H3/b19-16-. The lowest BCUT2D eigenvalue weighted by molar-refractivity contribution is 0.0984. The van der Waals surface area contributed by atoms with Gasteiger partial charge in [0.05, 0.1) is 12.2 Å². The molecule has 0 unspecified atom stereocenters. The fourth-order valence-electron chi connectivity index (χ4n) is 2.64. The van der Waals surface area contributed by atoms with Gasteiger partial charge in [-0.25, -0.2) is 0 Å². The van der Waals surface area contributed by atoms with Crippen LogP contribution < -0.4 is 0 Å². The Kier molecular flexibility index (Phi) is 4.73. The molecule has 2 heterocycles. The lowest BCUT2D eigenvalue weighted by Crippen LogP contribution is -2.20. The van der Waals surface area contributed by atoms with E-state index in [1.165, 1.54) is 0 Å². The highest BCUT2D eigenvalue weighted by Gasteiger charge is 2.30. The molecule has 3 rings (SSSR count). The molecular weight excluding hydrogens is 308 g/mol. The summed E-state index contributed by atoms with van der Waals surface area (Å²) in [6, 6.07) is 1.76. The van der Waals surface area contributed by atoms with Gasteiger partial charge in [-0.3, -0.25) is 9.78 Å². The zero-order valence-corrected chi connectivity index (χ0v) is 13.8. The predicted octanol–water partition coefficient (Wildman–Crippen LogP) is 0.750. The third-order valence-electron chi connectivity index (χ3n) is 3.84. The average Bonchev–Trinajstić information content (AvgIpc) is 3.00. The van der Waals surface area contributed by atoms with Crippen molar-refractivity contribution in [2.45, 2.75) is 6.54 Å². The van der Waals surface area contributed by atoms with E-state index >= 15 is 0 Å². The molecule has 0 radical (unpaired) electrons. The van der Waals surface area contributed by atoms with Crippen molar-refractivity contribution in [1.29, 1.82) is 0 Å². The Bertz CT molecular complexity index is 780. The predicted molar refractivity (Wildman–Crippen MR) is 89.3 cm³/mol. The van der Waals surface area contributed by atoms with Crippen molar-refractivity contribution in [2.24, 2.45) is 5.16 Å². The Hall–Kier alpha value is -2.51. The molecule has 1 aliphatic carbocycles. The Morgan fingerprint density at radius 2 is 2.04 bits per heavy atom. The second-order valence-electron chi connectivity index (χ2n) is 5.87. The van der Waals surface area contributed by atoms with Crippen LogP contribution in [0.5, 0.6) is 0 Å². The summed E-state index contributed by atoms with van der Waals surface area (Å²) in [4.78, 5) is 24.0. The van der Waals surface area contributed by atoms with Crippen LogP contribution in [0.15, 0.2) is 36.0 Å². The lowest BCUT2D eigenvalue weighted by Gasteiger charge is -2.16. The molecule has 0 amide bonds. The monoisotopic (exact) mass is 328 g/mol. The summed E-state index contributed by atoms with van der Waals surface area (Å²) in [7, 11) is 4.01. The molecule has 0 spiro atoms. The molecule has 0 fully saturated rings. The number of aromatic nitrogens is 2. The maximum Gasteiger partial charge on any atom is 0.197 e. The zero-order chi connectivity index (χ0) is 17.1. The highest BCUT2D eigenvalue weighted by Crippen LogP contribution is 2.28.